The first-order valence-electron chi connectivity index (χ1n) is 12.2. The fraction of sp³-hybridized carbons (Fsp3) is 0.481. The third-order valence-corrected chi connectivity index (χ3v) is 7.26. The minimum atomic E-state index is -3.57. The average Bonchev–Trinajstić information content (AvgIpc) is 2.78. The Kier molecular flexibility index (Phi) is 10.5. The number of sulfonamides is 1. The summed E-state index contributed by atoms with van der Waals surface area (Å²) in [6.07, 6.45) is 1.90. The Morgan fingerprint density at radius 1 is 1.06 bits per heavy atom. The number of benzene rings is 2. The van der Waals surface area contributed by atoms with Crippen LogP contribution in [0.2, 0.25) is 0 Å². The van der Waals surface area contributed by atoms with E-state index in [-0.39, 0.29) is 49.6 Å². The Hall–Kier alpha value is -2.94. The van der Waals surface area contributed by atoms with Crippen LogP contribution in [0.15, 0.2) is 42.5 Å². The van der Waals surface area contributed by atoms with Gasteiger partial charge in [0.25, 0.3) is 0 Å². The molecule has 0 saturated carbocycles. The van der Waals surface area contributed by atoms with Crippen LogP contribution in [0.1, 0.15) is 56.7 Å². The largest absolute Gasteiger partial charge is 0.352 e. The van der Waals surface area contributed by atoms with Crippen molar-refractivity contribution in [2.45, 2.75) is 72.5 Å². The lowest BCUT2D eigenvalue weighted by Gasteiger charge is -2.31. The lowest BCUT2D eigenvalue weighted by molar-refractivity contribution is -0.141. The molecule has 2 aromatic rings. The summed E-state index contributed by atoms with van der Waals surface area (Å²) in [6, 6.07) is 10.5. The molecule has 198 valence electrons. The Labute approximate surface area is 214 Å². The fourth-order valence-corrected chi connectivity index (χ4v) is 5.09. The summed E-state index contributed by atoms with van der Waals surface area (Å²) >= 11 is 0. The zero-order valence-electron chi connectivity index (χ0n) is 22.0. The van der Waals surface area contributed by atoms with Crippen LogP contribution in [0.4, 0.5) is 10.1 Å². The van der Waals surface area contributed by atoms with Crippen molar-refractivity contribution < 1.29 is 22.4 Å². The molecule has 0 aromatic heterocycles. The maximum atomic E-state index is 13.4. The van der Waals surface area contributed by atoms with Gasteiger partial charge in [0.05, 0.1) is 11.9 Å². The zero-order chi connectivity index (χ0) is 27.0. The van der Waals surface area contributed by atoms with Gasteiger partial charge in [-0.1, -0.05) is 31.2 Å². The van der Waals surface area contributed by atoms with Crippen molar-refractivity contribution in [2.24, 2.45) is 0 Å². The number of carbonyl (C=O) groups excluding carboxylic acids is 2. The van der Waals surface area contributed by atoms with Crippen LogP contribution in [0, 0.1) is 19.7 Å². The number of nitrogens with zero attached hydrogens (tertiary/aromatic N) is 2. The van der Waals surface area contributed by atoms with E-state index >= 15 is 0 Å². The number of halogens is 1. The summed E-state index contributed by atoms with van der Waals surface area (Å²) in [5.74, 6) is -0.899. The van der Waals surface area contributed by atoms with E-state index < -0.39 is 16.1 Å². The van der Waals surface area contributed by atoms with Crippen LogP contribution >= 0.6 is 0 Å². The Bertz CT molecular complexity index is 1150. The normalized spacial score (nSPS) is 12.3. The van der Waals surface area contributed by atoms with Gasteiger partial charge in [-0.2, -0.15) is 0 Å². The van der Waals surface area contributed by atoms with Gasteiger partial charge in [-0.15, -0.1) is 0 Å². The molecule has 0 aliphatic heterocycles. The lowest BCUT2D eigenvalue weighted by Crippen LogP contribution is -2.50. The third kappa shape index (κ3) is 8.05. The standard InChI is InChI=1S/C27H38FN3O4S/c1-7-24(27(33)29-19(2)3)30(18-22-13-15-23(28)16-14-22)26(32)12-9-17-31(36(6,34)35)25-11-8-10-20(4)21(25)5/h8,10-11,13-16,19,24H,7,9,12,17-18H2,1-6H3,(H,29,33)/t24-/m1/s1. The van der Waals surface area contributed by atoms with Gasteiger partial charge in [-0.25, -0.2) is 12.8 Å². The Morgan fingerprint density at radius 2 is 1.69 bits per heavy atom. The number of nitrogens with one attached hydrogen (secondary N) is 1. The highest BCUT2D eigenvalue weighted by Crippen LogP contribution is 2.25. The van der Waals surface area contributed by atoms with Gasteiger partial charge in [0, 0.05) is 25.6 Å². The number of aryl methyl sites for hydroxylation is 1. The summed E-state index contributed by atoms with van der Waals surface area (Å²) in [5.41, 5.74) is 3.14. The molecule has 36 heavy (non-hydrogen) atoms. The molecule has 0 saturated heterocycles. The second-order valence-corrected chi connectivity index (χ2v) is 11.3. The molecular weight excluding hydrogens is 481 g/mol. The van der Waals surface area contributed by atoms with Crippen LogP contribution in [0.25, 0.3) is 0 Å². The van der Waals surface area contributed by atoms with Crippen molar-refractivity contribution in [3.8, 4) is 0 Å². The van der Waals surface area contributed by atoms with Gasteiger partial charge in [0.1, 0.15) is 11.9 Å². The number of hydrogen-bond donors (Lipinski definition) is 1. The van der Waals surface area contributed by atoms with E-state index in [2.05, 4.69) is 5.32 Å². The molecule has 9 heteroatoms. The van der Waals surface area contributed by atoms with Crippen molar-refractivity contribution >= 4 is 27.5 Å². The van der Waals surface area contributed by atoms with Crippen LogP contribution in [-0.2, 0) is 26.2 Å². The molecule has 0 unspecified atom stereocenters. The van der Waals surface area contributed by atoms with Crippen molar-refractivity contribution in [3.05, 3.63) is 65.0 Å². The molecule has 0 aliphatic carbocycles. The third-order valence-electron chi connectivity index (χ3n) is 6.08. The topological polar surface area (TPSA) is 86.8 Å². The molecule has 0 spiro atoms. The molecule has 0 bridgehead atoms. The van der Waals surface area contributed by atoms with Gasteiger partial charge in [0.2, 0.25) is 21.8 Å². The second kappa shape index (κ2) is 12.9. The first-order valence-corrected chi connectivity index (χ1v) is 14.1. The fourth-order valence-electron chi connectivity index (χ4n) is 4.07. The molecule has 0 aliphatic rings. The van der Waals surface area contributed by atoms with Gasteiger partial charge in [-0.05, 0) is 75.4 Å². The molecule has 0 radical (unpaired) electrons. The Balaban J connectivity index is 2.24. The molecule has 0 fully saturated rings. The van der Waals surface area contributed by atoms with Crippen LogP contribution in [0.5, 0.6) is 0 Å². The van der Waals surface area contributed by atoms with Crippen molar-refractivity contribution in [1.82, 2.24) is 10.2 Å². The number of hydrogen-bond acceptors (Lipinski definition) is 4. The molecule has 1 atom stereocenters. The van der Waals surface area contributed by atoms with Gasteiger partial charge < -0.3 is 10.2 Å². The van der Waals surface area contributed by atoms with Gasteiger partial charge in [-0.3, -0.25) is 13.9 Å². The van der Waals surface area contributed by atoms with Gasteiger partial charge in [0.15, 0.2) is 0 Å². The number of rotatable bonds is 12. The van der Waals surface area contributed by atoms with Crippen molar-refractivity contribution in [2.75, 3.05) is 17.1 Å². The lowest BCUT2D eigenvalue weighted by atomic mass is 10.1. The number of amides is 2. The highest BCUT2D eigenvalue weighted by molar-refractivity contribution is 7.92. The van der Waals surface area contributed by atoms with E-state index in [4.69, 9.17) is 0 Å². The molecule has 2 aromatic carbocycles. The van der Waals surface area contributed by atoms with Crippen molar-refractivity contribution in [3.63, 3.8) is 0 Å². The quantitative estimate of drug-likeness (QED) is 0.453. The van der Waals surface area contributed by atoms with E-state index in [1.54, 1.807) is 18.2 Å². The maximum absolute atomic E-state index is 13.4. The molecule has 2 amide bonds. The van der Waals surface area contributed by atoms with E-state index in [1.807, 2.05) is 46.8 Å². The van der Waals surface area contributed by atoms with Gasteiger partial charge >= 0.3 is 0 Å². The molecule has 0 heterocycles. The first-order chi connectivity index (χ1) is 16.8. The molecule has 7 nitrogen and oxygen atoms in total. The summed E-state index contributed by atoms with van der Waals surface area (Å²) in [4.78, 5) is 27.8. The van der Waals surface area contributed by atoms with E-state index in [0.29, 0.717) is 17.7 Å². The van der Waals surface area contributed by atoms with Crippen LogP contribution in [0.3, 0.4) is 0 Å². The van der Waals surface area contributed by atoms with Crippen molar-refractivity contribution in [1.29, 1.82) is 0 Å². The highest BCUT2D eigenvalue weighted by Gasteiger charge is 2.29. The van der Waals surface area contributed by atoms with Crippen LogP contribution < -0.4 is 9.62 Å². The molecular formula is C27H38FN3O4S. The second-order valence-electron chi connectivity index (χ2n) is 9.39. The number of carbonyl (C=O) groups is 2. The minimum absolute atomic E-state index is 0.0591. The maximum Gasteiger partial charge on any atom is 0.243 e. The average molecular weight is 520 g/mol. The van der Waals surface area contributed by atoms with E-state index in [1.165, 1.54) is 21.3 Å². The van der Waals surface area contributed by atoms with E-state index in [9.17, 15) is 22.4 Å². The Morgan fingerprint density at radius 3 is 2.25 bits per heavy atom. The monoisotopic (exact) mass is 519 g/mol. The zero-order valence-corrected chi connectivity index (χ0v) is 22.9. The molecule has 2 rings (SSSR count). The van der Waals surface area contributed by atoms with Crippen LogP contribution in [-0.4, -0.2) is 50.0 Å². The predicted molar refractivity (Wildman–Crippen MR) is 142 cm³/mol. The summed E-state index contributed by atoms with van der Waals surface area (Å²) in [6.45, 7) is 9.61. The first kappa shape index (κ1) is 29.3. The SMILES string of the molecule is CC[C@H](C(=O)NC(C)C)N(Cc1ccc(F)cc1)C(=O)CCCN(c1cccc(C)c1C)S(C)(=O)=O. The number of anilines is 1. The predicted octanol–water partition coefficient (Wildman–Crippen LogP) is 4.32. The minimum Gasteiger partial charge on any atom is -0.352 e. The molecule has 1 N–H and O–H groups in total. The smallest absolute Gasteiger partial charge is 0.243 e. The summed E-state index contributed by atoms with van der Waals surface area (Å²) in [7, 11) is -3.57. The summed E-state index contributed by atoms with van der Waals surface area (Å²) < 4.78 is 39.9. The van der Waals surface area contributed by atoms with E-state index in [0.717, 1.165) is 17.4 Å². The summed E-state index contributed by atoms with van der Waals surface area (Å²) in [5, 5.41) is 2.87. The highest BCUT2D eigenvalue weighted by atomic mass is 32.2.